The molecule has 1 aromatic carbocycles. The summed E-state index contributed by atoms with van der Waals surface area (Å²) < 4.78 is 28.1. The fraction of sp³-hybridized carbons (Fsp3) is 0.409. The van der Waals surface area contributed by atoms with Gasteiger partial charge in [0.15, 0.2) is 0 Å². The molecule has 1 heterocycles. The van der Waals surface area contributed by atoms with E-state index in [-0.39, 0.29) is 5.92 Å². The molecule has 1 aliphatic carbocycles. The second-order valence-corrected chi connectivity index (χ2v) is 11.7. The third kappa shape index (κ3) is 4.85. The predicted molar refractivity (Wildman–Crippen MR) is 124 cm³/mol. The van der Waals surface area contributed by atoms with Crippen LogP contribution >= 0.6 is 23.4 Å². The molecule has 8 heteroatoms. The van der Waals surface area contributed by atoms with Crippen molar-refractivity contribution in [3.05, 3.63) is 65.2 Å². The first-order valence-corrected chi connectivity index (χ1v) is 12.7. The SMILES string of the molecule is CCC(C)(C1C=CC=CC1)C(NS(=O)(=O)C1CC=C(c2ccc(Cl)cc2)S1)C(=O)O. The number of carboxylic acid groups (broad SMARTS) is 1. The molecule has 162 valence electrons. The van der Waals surface area contributed by atoms with Gasteiger partial charge in [-0.1, -0.05) is 68.0 Å². The summed E-state index contributed by atoms with van der Waals surface area (Å²) in [6.45, 7) is 3.75. The van der Waals surface area contributed by atoms with Crippen molar-refractivity contribution in [3.8, 4) is 0 Å². The van der Waals surface area contributed by atoms with Gasteiger partial charge in [0, 0.05) is 15.3 Å². The highest BCUT2D eigenvalue weighted by molar-refractivity contribution is 8.18. The topological polar surface area (TPSA) is 83.5 Å². The number of nitrogens with one attached hydrogen (secondary N) is 1. The lowest BCUT2D eigenvalue weighted by molar-refractivity contribution is -0.143. The maximum atomic E-state index is 13.1. The Morgan fingerprint density at radius 1 is 1.30 bits per heavy atom. The molecule has 0 saturated heterocycles. The first kappa shape index (κ1) is 23.1. The molecule has 3 rings (SSSR count). The normalized spacial score (nSPS) is 24.3. The quantitative estimate of drug-likeness (QED) is 0.558. The Morgan fingerprint density at radius 3 is 2.57 bits per heavy atom. The number of thioether (sulfide) groups is 1. The Labute approximate surface area is 187 Å². The Hall–Kier alpha value is -1.54. The minimum absolute atomic E-state index is 0.0599. The Bertz CT molecular complexity index is 985. The van der Waals surface area contributed by atoms with Crippen molar-refractivity contribution >= 4 is 44.3 Å². The van der Waals surface area contributed by atoms with Crippen LogP contribution in [0.25, 0.3) is 4.91 Å². The summed E-state index contributed by atoms with van der Waals surface area (Å²) in [5.41, 5.74) is 0.144. The summed E-state index contributed by atoms with van der Waals surface area (Å²) in [7, 11) is -3.87. The lowest BCUT2D eigenvalue weighted by Gasteiger charge is -2.41. The van der Waals surface area contributed by atoms with Crippen molar-refractivity contribution in [3.63, 3.8) is 0 Å². The van der Waals surface area contributed by atoms with Crippen LogP contribution in [0.15, 0.2) is 54.6 Å². The van der Waals surface area contributed by atoms with Crippen molar-refractivity contribution < 1.29 is 18.3 Å². The van der Waals surface area contributed by atoms with Crippen LogP contribution in [0.1, 0.15) is 38.7 Å². The standard InChI is InChI=1S/C22H26ClNO4S2/c1-3-22(2,16-7-5-4-6-8-16)20(21(25)26)24-30(27,28)19-14-13-18(29-19)15-9-11-17(23)12-10-15/h4-7,9-13,16,19-20,24H,3,8,14H2,1-2H3,(H,25,26). The molecule has 0 fully saturated rings. The van der Waals surface area contributed by atoms with Gasteiger partial charge in [-0.2, -0.15) is 4.72 Å². The van der Waals surface area contributed by atoms with Crippen molar-refractivity contribution in [2.75, 3.05) is 0 Å². The lowest BCUT2D eigenvalue weighted by Crippen LogP contribution is -2.55. The van der Waals surface area contributed by atoms with Crippen LogP contribution in [-0.4, -0.2) is 30.1 Å². The van der Waals surface area contributed by atoms with E-state index in [0.29, 0.717) is 24.3 Å². The van der Waals surface area contributed by atoms with Gasteiger partial charge in [-0.15, -0.1) is 11.8 Å². The number of sulfonamides is 1. The molecule has 2 aliphatic rings. The molecule has 0 amide bonds. The number of allylic oxidation sites excluding steroid dienone is 5. The van der Waals surface area contributed by atoms with E-state index in [1.807, 2.05) is 56.4 Å². The monoisotopic (exact) mass is 467 g/mol. The Morgan fingerprint density at radius 2 is 2.00 bits per heavy atom. The zero-order valence-corrected chi connectivity index (χ0v) is 19.3. The third-order valence-electron chi connectivity index (χ3n) is 6.01. The lowest BCUT2D eigenvalue weighted by atomic mass is 9.67. The predicted octanol–water partition coefficient (Wildman–Crippen LogP) is 5.07. The molecule has 0 bridgehead atoms. The number of hydrogen-bond donors (Lipinski definition) is 2. The van der Waals surface area contributed by atoms with Crippen LogP contribution in [0, 0.1) is 11.3 Å². The van der Waals surface area contributed by atoms with Crippen LogP contribution in [0.4, 0.5) is 0 Å². The van der Waals surface area contributed by atoms with Gasteiger partial charge in [-0.05, 0) is 42.9 Å². The number of carbonyl (C=O) groups is 1. The molecule has 0 radical (unpaired) electrons. The molecule has 0 spiro atoms. The summed E-state index contributed by atoms with van der Waals surface area (Å²) in [6.07, 6.45) is 11.2. The van der Waals surface area contributed by atoms with Crippen molar-refractivity contribution in [1.29, 1.82) is 0 Å². The maximum Gasteiger partial charge on any atom is 0.322 e. The van der Waals surface area contributed by atoms with Crippen molar-refractivity contribution in [1.82, 2.24) is 4.72 Å². The number of rotatable bonds is 8. The molecule has 0 aromatic heterocycles. The Balaban J connectivity index is 1.78. The highest BCUT2D eigenvalue weighted by atomic mass is 35.5. The summed E-state index contributed by atoms with van der Waals surface area (Å²) >= 11 is 7.16. The molecular formula is C22H26ClNO4S2. The fourth-order valence-electron chi connectivity index (χ4n) is 3.89. The van der Waals surface area contributed by atoms with Crippen LogP contribution in [0.2, 0.25) is 5.02 Å². The maximum absolute atomic E-state index is 13.1. The zero-order chi connectivity index (χ0) is 21.9. The van der Waals surface area contributed by atoms with E-state index < -0.39 is 32.0 Å². The average Bonchev–Trinajstić information content (AvgIpc) is 3.24. The van der Waals surface area contributed by atoms with Crippen molar-refractivity contribution in [2.24, 2.45) is 11.3 Å². The minimum Gasteiger partial charge on any atom is -0.480 e. The number of hydrogen-bond acceptors (Lipinski definition) is 4. The third-order valence-corrected chi connectivity index (χ3v) is 9.87. The van der Waals surface area contributed by atoms with Crippen LogP contribution < -0.4 is 4.72 Å². The summed E-state index contributed by atoms with van der Waals surface area (Å²) in [5, 5.41) is 10.5. The molecule has 5 nitrogen and oxygen atoms in total. The van der Waals surface area contributed by atoms with E-state index >= 15 is 0 Å². The first-order valence-electron chi connectivity index (χ1n) is 9.87. The zero-order valence-electron chi connectivity index (χ0n) is 16.9. The molecule has 30 heavy (non-hydrogen) atoms. The molecule has 1 aliphatic heterocycles. The molecular weight excluding hydrogens is 442 g/mol. The largest absolute Gasteiger partial charge is 0.480 e. The van der Waals surface area contributed by atoms with E-state index in [1.54, 1.807) is 12.1 Å². The molecule has 2 N–H and O–H groups in total. The van der Waals surface area contributed by atoms with Gasteiger partial charge in [0.05, 0.1) is 0 Å². The van der Waals surface area contributed by atoms with Crippen LogP contribution in [0.3, 0.4) is 0 Å². The highest BCUT2D eigenvalue weighted by Gasteiger charge is 2.46. The van der Waals surface area contributed by atoms with Gasteiger partial charge in [-0.3, -0.25) is 4.79 Å². The van der Waals surface area contributed by atoms with E-state index in [9.17, 15) is 18.3 Å². The number of halogens is 1. The van der Waals surface area contributed by atoms with Crippen LogP contribution in [-0.2, 0) is 14.8 Å². The van der Waals surface area contributed by atoms with Crippen LogP contribution in [0.5, 0.6) is 0 Å². The van der Waals surface area contributed by atoms with Gasteiger partial charge in [0.2, 0.25) is 10.0 Å². The first-order chi connectivity index (χ1) is 14.2. The summed E-state index contributed by atoms with van der Waals surface area (Å²) in [4.78, 5) is 13.0. The number of carboxylic acids is 1. The number of aliphatic carboxylic acids is 1. The van der Waals surface area contributed by atoms with E-state index in [2.05, 4.69) is 4.72 Å². The fourth-order valence-corrected chi connectivity index (χ4v) is 7.14. The summed E-state index contributed by atoms with van der Waals surface area (Å²) in [5.74, 6) is -1.21. The average molecular weight is 468 g/mol. The molecule has 4 atom stereocenters. The summed E-state index contributed by atoms with van der Waals surface area (Å²) in [6, 6.07) is 6.00. The van der Waals surface area contributed by atoms with Gasteiger partial charge >= 0.3 is 5.97 Å². The van der Waals surface area contributed by atoms with E-state index in [0.717, 1.165) is 10.5 Å². The van der Waals surface area contributed by atoms with E-state index in [1.165, 1.54) is 11.8 Å². The molecule has 0 saturated carbocycles. The second-order valence-electron chi connectivity index (χ2n) is 7.81. The molecule has 1 aromatic rings. The van der Waals surface area contributed by atoms with Gasteiger partial charge in [0.1, 0.15) is 10.6 Å². The smallest absolute Gasteiger partial charge is 0.322 e. The van der Waals surface area contributed by atoms with Gasteiger partial charge in [-0.25, -0.2) is 8.42 Å². The van der Waals surface area contributed by atoms with Gasteiger partial charge in [0.25, 0.3) is 0 Å². The second kappa shape index (κ2) is 9.30. The van der Waals surface area contributed by atoms with E-state index in [4.69, 9.17) is 11.6 Å². The highest BCUT2D eigenvalue weighted by Crippen LogP contribution is 2.43. The molecule has 4 unspecified atom stereocenters. The number of benzene rings is 1. The Kier molecular flexibility index (Phi) is 7.17. The van der Waals surface area contributed by atoms with Crippen molar-refractivity contribution in [2.45, 2.75) is 43.7 Å². The van der Waals surface area contributed by atoms with Gasteiger partial charge < -0.3 is 5.11 Å². The minimum atomic E-state index is -3.87.